The van der Waals surface area contributed by atoms with E-state index in [2.05, 4.69) is 170 Å². The van der Waals surface area contributed by atoms with E-state index in [9.17, 15) is 0 Å². The molecule has 1 heteroatoms. The maximum absolute atomic E-state index is 2.34. The molecule has 0 unspecified atom stereocenters. The number of hydrogen-bond acceptors (Lipinski definition) is 1. The van der Waals surface area contributed by atoms with E-state index in [-0.39, 0.29) is 6.15 Å². The molecule has 3 N–H and O–H groups in total. The van der Waals surface area contributed by atoms with Gasteiger partial charge in [0.05, 0.1) is 0 Å². The lowest BCUT2D eigenvalue weighted by Crippen LogP contribution is -1.91. The van der Waals surface area contributed by atoms with Crippen molar-refractivity contribution < 1.29 is 0 Å². The van der Waals surface area contributed by atoms with E-state index < -0.39 is 0 Å². The van der Waals surface area contributed by atoms with Crippen LogP contribution in [0, 0.1) is 0 Å². The Bertz CT molecular complexity index is 2470. The topological polar surface area (TPSA) is 35.0 Å². The van der Waals surface area contributed by atoms with E-state index in [1.54, 1.807) is 0 Å². The molecule has 0 amide bonds. The zero-order valence-corrected chi connectivity index (χ0v) is 26.9. The Kier molecular flexibility index (Phi) is 8.00. The maximum Gasteiger partial charge on any atom is -0.00264 e. The first-order valence-corrected chi connectivity index (χ1v) is 16.3. The first kappa shape index (κ1) is 29.9. The Hall–Kier alpha value is -5.76. The summed E-state index contributed by atoms with van der Waals surface area (Å²) in [6.45, 7) is 4.00. The Morgan fingerprint density at radius 2 is 0.745 bits per heavy atom. The molecule has 0 atom stereocenters. The average molecular weight is 604 g/mol. The van der Waals surface area contributed by atoms with E-state index >= 15 is 0 Å². The quantitative estimate of drug-likeness (QED) is 0.158. The summed E-state index contributed by atoms with van der Waals surface area (Å²) in [6, 6.07) is 62.3. The van der Waals surface area contributed by atoms with Crippen LogP contribution in [-0.2, 0) is 0 Å². The van der Waals surface area contributed by atoms with Crippen molar-refractivity contribution in [2.24, 2.45) is 0 Å². The minimum atomic E-state index is 0. The van der Waals surface area contributed by atoms with Crippen LogP contribution >= 0.6 is 0 Å². The van der Waals surface area contributed by atoms with Gasteiger partial charge in [-0.2, -0.15) is 0 Å². The molecule has 9 aromatic rings. The Morgan fingerprint density at radius 3 is 1.34 bits per heavy atom. The summed E-state index contributed by atoms with van der Waals surface area (Å²) >= 11 is 0. The Balaban J connectivity index is 0.00000115. The van der Waals surface area contributed by atoms with Crippen molar-refractivity contribution in [3.05, 3.63) is 170 Å². The molecule has 226 valence electrons. The summed E-state index contributed by atoms with van der Waals surface area (Å²) in [5, 5.41) is 12.8. The molecule has 0 fully saturated rings. The first-order chi connectivity index (χ1) is 22.8. The zero-order chi connectivity index (χ0) is 31.0. The van der Waals surface area contributed by atoms with E-state index in [1.165, 1.54) is 87.2 Å². The van der Waals surface area contributed by atoms with E-state index in [4.69, 9.17) is 0 Å². The van der Waals surface area contributed by atoms with Crippen LogP contribution in [0.4, 0.5) is 0 Å². The van der Waals surface area contributed by atoms with Crippen LogP contribution in [0.15, 0.2) is 170 Å². The highest BCUT2D eigenvalue weighted by molar-refractivity contribution is 6.21. The average Bonchev–Trinajstić information content (AvgIpc) is 3.14. The van der Waals surface area contributed by atoms with Gasteiger partial charge in [-0.1, -0.05) is 172 Å². The molecule has 0 bridgehead atoms. The van der Waals surface area contributed by atoms with Crippen molar-refractivity contribution in [1.29, 1.82) is 0 Å². The van der Waals surface area contributed by atoms with Gasteiger partial charge < -0.3 is 6.15 Å². The fraction of sp³-hybridized carbons (Fsp3) is 0.0435. The van der Waals surface area contributed by atoms with Crippen molar-refractivity contribution in [3.8, 4) is 33.4 Å². The normalized spacial score (nSPS) is 11.0. The third-order valence-corrected chi connectivity index (χ3v) is 9.22. The molecule has 47 heavy (non-hydrogen) atoms. The highest BCUT2D eigenvalue weighted by Crippen LogP contribution is 2.44. The van der Waals surface area contributed by atoms with Gasteiger partial charge in [-0.3, -0.25) is 0 Å². The molecule has 0 aliphatic rings. The molecule has 0 saturated carbocycles. The summed E-state index contributed by atoms with van der Waals surface area (Å²) < 4.78 is 0. The van der Waals surface area contributed by atoms with Gasteiger partial charge in [0.25, 0.3) is 0 Å². The standard InChI is InChI=1S/C44H28.C2H6.H3N/c1-2-11-30(12-3-1)43-38-15-6-8-17-40(38)44(41-18-9-7-16-39(41)43)31-23-21-29(22-24-31)35-19-10-20-36-37(35)26-25-34-27-32-13-4-5-14-33(32)28-42(34)36;1-2;/h1-28H;1-2H3;1H3. The minimum Gasteiger partial charge on any atom is -0.344 e. The predicted molar refractivity (Wildman–Crippen MR) is 207 cm³/mol. The Labute approximate surface area is 276 Å². The van der Waals surface area contributed by atoms with Crippen LogP contribution in [0.25, 0.3) is 87.2 Å². The van der Waals surface area contributed by atoms with E-state index in [0.29, 0.717) is 0 Å². The maximum atomic E-state index is 2.34. The molecule has 0 spiro atoms. The van der Waals surface area contributed by atoms with Crippen molar-refractivity contribution in [1.82, 2.24) is 6.15 Å². The minimum absolute atomic E-state index is 0. The number of hydrogen-bond donors (Lipinski definition) is 1. The van der Waals surface area contributed by atoms with Gasteiger partial charge in [-0.25, -0.2) is 0 Å². The van der Waals surface area contributed by atoms with Gasteiger partial charge in [-0.05, 0) is 99.4 Å². The van der Waals surface area contributed by atoms with Gasteiger partial charge in [0.1, 0.15) is 0 Å². The monoisotopic (exact) mass is 603 g/mol. The molecule has 9 rings (SSSR count). The lowest BCUT2D eigenvalue weighted by Gasteiger charge is -2.18. The van der Waals surface area contributed by atoms with Crippen LogP contribution in [0.5, 0.6) is 0 Å². The molecule has 0 saturated heterocycles. The van der Waals surface area contributed by atoms with Crippen molar-refractivity contribution in [3.63, 3.8) is 0 Å². The van der Waals surface area contributed by atoms with Crippen LogP contribution in [0.3, 0.4) is 0 Å². The third kappa shape index (κ3) is 5.02. The molecule has 0 aromatic heterocycles. The van der Waals surface area contributed by atoms with Crippen molar-refractivity contribution >= 4 is 53.9 Å². The van der Waals surface area contributed by atoms with Crippen LogP contribution in [0.2, 0.25) is 0 Å². The van der Waals surface area contributed by atoms with Gasteiger partial charge >= 0.3 is 0 Å². The SMILES string of the molecule is CC.N.c1ccc(-c2c3ccccc3c(-c3ccc(-c4cccc5c4ccc4cc6ccccc6cc45)cc3)c3ccccc23)cc1. The van der Waals surface area contributed by atoms with E-state index in [1.807, 2.05) is 13.8 Å². The predicted octanol–water partition coefficient (Wildman–Crippen LogP) is 13.6. The molecule has 0 radical (unpaired) electrons. The molecule has 9 aromatic carbocycles. The summed E-state index contributed by atoms with van der Waals surface area (Å²) in [7, 11) is 0. The van der Waals surface area contributed by atoms with Gasteiger partial charge in [0.15, 0.2) is 0 Å². The van der Waals surface area contributed by atoms with Crippen LogP contribution in [-0.4, -0.2) is 0 Å². The second-order valence-electron chi connectivity index (χ2n) is 11.7. The van der Waals surface area contributed by atoms with Crippen molar-refractivity contribution in [2.75, 3.05) is 0 Å². The zero-order valence-electron chi connectivity index (χ0n) is 26.9. The lowest BCUT2D eigenvalue weighted by molar-refractivity contribution is 1.50. The Morgan fingerprint density at radius 1 is 0.277 bits per heavy atom. The van der Waals surface area contributed by atoms with Gasteiger partial charge in [0.2, 0.25) is 0 Å². The highest BCUT2D eigenvalue weighted by Gasteiger charge is 2.16. The summed E-state index contributed by atoms with van der Waals surface area (Å²) in [5.74, 6) is 0. The molecular weight excluding hydrogens is 567 g/mol. The van der Waals surface area contributed by atoms with Crippen molar-refractivity contribution in [2.45, 2.75) is 13.8 Å². The summed E-state index contributed by atoms with van der Waals surface area (Å²) in [4.78, 5) is 0. The fourth-order valence-electron chi connectivity index (χ4n) is 7.21. The highest BCUT2D eigenvalue weighted by atomic mass is 14.2. The third-order valence-electron chi connectivity index (χ3n) is 9.22. The van der Waals surface area contributed by atoms with Crippen LogP contribution < -0.4 is 6.15 Å². The largest absolute Gasteiger partial charge is 0.344 e. The second kappa shape index (κ2) is 12.6. The lowest BCUT2D eigenvalue weighted by atomic mass is 9.85. The van der Waals surface area contributed by atoms with E-state index in [0.717, 1.165) is 0 Å². The fourth-order valence-corrected chi connectivity index (χ4v) is 7.21. The van der Waals surface area contributed by atoms with Gasteiger partial charge in [0, 0.05) is 0 Å². The molecule has 0 aliphatic carbocycles. The number of fused-ring (bicyclic) bond motifs is 6. The van der Waals surface area contributed by atoms with Gasteiger partial charge in [-0.15, -0.1) is 0 Å². The summed E-state index contributed by atoms with van der Waals surface area (Å²) in [6.07, 6.45) is 0. The molecular formula is C46H37N. The number of rotatable bonds is 3. The molecule has 1 nitrogen and oxygen atoms in total. The van der Waals surface area contributed by atoms with Crippen LogP contribution in [0.1, 0.15) is 13.8 Å². The first-order valence-electron chi connectivity index (χ1n) is 16.3. The molecule has 0 heterocycles. The second-order valence-corrected chi connectivity index (χ2v) is 11.7. The number of benzene rings is 9. The molecule has 0 aliphatic heterocycles. The smallest absolute Gasteiger partial charge is 0.00264 e. The summed E-state index contributed by atoms with van der Waals surface area (Å²) in [5.41, 5.74) is 7.56.